The van der Waals surface area contributed by atoms with Gasteiger partial charge in [-0.2, -0.15) is 0 Å². The second-order valence-electron chi connectivity index (χ2n) is 6.83. The molecule has 29 heavy (non-hydrogen) atoms. The highest BCUT2D eigenvalue weighted by Gasteiger charge is 2.12. The van der Waals surface area contributed by atoms with Crippen LogP contribution in [0.2, 0.25) is 0 Å². The molecule has 0 radical (unpaired) electrons. The lowest BCUT2D eigenvalue weighted by molar-refractivity contribution is 0.400. The van der Waals surface area contributed by atoms with Crippen molar-refractivity contribution < 1.29 is 4.74 Å². The van der Waals surface area contributed by atoms with E-state index in [1.807, 2.05) is 18.2 Å². The van der Waals surface area contributed by atoms with Crippen molar-refractivity contribution in [3.63, 3.8) is 0 Å². The molecule has 0 saturated heterocycles. The van der Waals surface area contributed by atoms with Gasteiger partial charge in [0.2, 0.25) is 5.88 Å². The molecule has 3 aromatic heterocycles. The summed E-state index contributed by atoms with van der Waals surface area (Å²) in [5.74, 6) is 0.540. The molecule has 0 saturated carbocycles. The van der Waals surface area contributed by atoms with E-state index in [1.165, 1.54) is 10.9 Å². The summed E-state index contributed by atoms with van der Waals surface area (Å²) in [4.78, 5) is 13.4. The quantitative estimate of drug-likeness (QED) is 0.478. The number of rotatable bonds is 4. The van der Waals surface area contributed by atoms with Crippen molar-refractivity contribution in [3.8, 4) is 17.0 Å². The third kappa shape index (κ3) is 3.04. The van der Waals surface area contributed by atoms with Crippen LogP contribution in [0.1, 0.15) is 0 Å². The van der Waals surface area contributed by atoms with Crippen LogP contribution in [0.15, 0.2) is 73.3 Å². The number of hydrogen-bond acceptors (Lipinski definition) is 5. The smallest absolute Gasteiger partial charge is 0.237 e. The van der Waals surface area contributed by atoms with Gasteiger partial charge in [-0.25, -0.2) is 4.98 Å². The molecule has 0 atom stereocenters. The molecule has 5 aromatic rings. The number of benzene rings is 2. The molecule has 0 fully saturated rings. The fourth-order valence-electron chi connectivity index (χ4n) is 3.60. The zero-order valence-electron chi connectivity index (χ0n) is 16.1. The van der Waals surface area contributed by atoms with Crippen LogP contribution >= 0.6 is 0 Å². The third-order valence-corrected chi connectivity index (χ3v) is 5.02. The Kier molecular flexibility index (Phi) is 4.09. The van der Waals surface area contributed by atoms with Gasteiger partial charge in [-0.15, -0.1) is 0 Å². The number of hydrogen-bond donors (Lipinski definition) is 1. The summed E-state index contributed by atoms with van der Waals surface area (Å²) in [5.41, 5.74) is 6.66. The van der Waals surface area contributed by atoms with Crippen LogP contribution in [-0.4, -0.2) is 26.6 Å². The number of nitrogens with one attached hydrogen (secondary N) is 1. The normalized spacial score (nSPS) is 11.1. The second-order valence-corrected chi connectivity index (χ2v) is 6.83. The summed E-state index contributed by atoms with van der Waals surface area (Å²) < 4.78 is 7.49. The van der Waals surface area contributed by atoms with Gasteiger partial charge < -0.3 is 14.6 Å². The van der Waals surface area contributed by atoms with Gasteiger partial charge in [-0.1, -0.05) is 12.1 Å². The van der Waals surface area contributed by atoms with Crippen molar-refractivity contribution in [2.24, 2.45) is 7.05 Å². The number of methoxy groups -OCH3 is 1. The van der Waals surface area contributed by atoms with E-state index < -0.39 is 0 Å². The lowest BCUT2D eigenvalue weighted by Gasteiger charge is -2.13. The van der Waals surface area contributed by atoms with Crippen molar-refractivity contribution in [2.45, 2.75) is 0 Å². The molecule has 6 heteroatoms. The molecule has 2 aromatic carbocycles. The maximum absolute atomic E-state index is 5.37. The van der Waals surface area contributed by atoms with E-state index >= 15 is 0 Å². The van der Waals surface area contributed by atoms with Gasteiger partial charge in [0.1, 0.15) is 5.69 Å². The van der Waals surface area contributed by atoms with Crippen LogP contribution in [0.5, 0.6) is 5.88 Å². The molecule has 0 aliphatic heterocycles. The molecule has 0 aliphatic carbocycles. The monoisotopic (exact) mass is 381 g/mol. The topological polar surface area (TPSA) is 64.9 Å². The maximum Gasteiger partial charge on any atom is 0.237 e. The Bertz CT molecular complexity index is 1340. The van der Waals surface area contributed by atoms with Crippen molar-refractivity contribution in [1.29, 1.82) is 0 Å². The number of aryl methyl sites for hydroxylation is 1. The summed E-state index contributed by atoms with van der Waals surface area (Å²) >= 11 is 0. The Morgan fingerprint density at radius 2 is 1.83 bits per heavy atom. The van der Waals surface area contributed by atoms with E-state index in [1.54, 1.807) is 25.7 Å². The Morgan fingerprint density at radius 3 is 2.72 bits per heavy atom. The Morgan fingerprint density at radius 1 is 0.931 bits per heavy atom. The summed E-state index contributed by atoms with van der Waals surface area (Å²) in [7, 11) is 3.66. The van der Waals surface area contributed by atoms with Gasteiger partial charge in [0, 0.05) is 48.6 Å². The van der Waals surface area contributed by atoms with E-state index in [0.29, 0.717) is 5.88 Å². The van der Waals surface area contributed by atoms with Crippen LogP contribution in [-0.2, 0) is 7.05 Å². The first-order valence-corrected chi connectivity index (χ1v) is 9.29. The largest absolute Gasteiger partial charge is 0.480 e. The number of aromatic nitrogens is 4. The number of ether oxygens (including phenoxy) is 1. The standard InChI is InChI=1S/C23H19N5O/c1-28-11-7-15-5-6-16(12-21(15)28)18-13-17(14-20-22(18)25-10-9-24-20)27-19-4-3-8-26-23(19)29-2/h3-14,27H,1-2H3. The minimum absolute atomic E-state index is 0.540. The van der Waals surface area contributed by atoms with Gasteiger partial charge in [0.05, 0.1) is 18.1 Å². The first-order valence-electron chi connectivity index (χ1n) is 9.29. The minimum atomic E-state index is 0.540. The van der Waals surface area contributed by atoms with Gasteiger partial charge in [-0.05, 0) is 47.3 Å². The number of pyridine rings is 1. The highest BCUT2D eigenvalue weighted by atomic mass is 16.5. The molecule has 1 N–H and O–H groups in total. The van der Waals surface area contributed by atoms with Crippen LogP contribution in [0.25, 0.3) is 33.1 Å². The van der Waals surface area contributed by atoms with Gasteiger partial charge >= 0.3 is 0 Å². The molecule has 6 nitrogen and oxygen atoms in total. The van der Waals surface area contributed by atoms with Crippen LogP contribution in [0.4, 0.5) is 11.4 Å². The lowest BCUT2D eigenvalue weighted by atomic mass is 10.0. The molecule has 0 bridgehead atoms. The SMILES string of the molecule is COc1ncccc1Nc1cc(-c2ccc3ccn(C)c3c2)c2nccnc2c1. The number of anilines is 2. The molecule has 0 spiro atoms. The highest BCUT2D eigenvalue weighted by Crippen LogP contribution is 2.34. The molecule has 0 aliphatic rings. The first-order chi connectivity index (χ1) is 14.2. The third-order valence-electron chi connectivity index (χ3n) is 5.02. The van der Waals surface area contributed by atoms with E-state index in [2.05, 4.69) is 68.4 Å². The van der Waals surface area contributed by atoms with Crippen LogP contribution in [0, 0.1) is 0 Å². The first kappa shape index (κ1) is 17.2. The maximum atomic E-state index is 5.37. The van der Waals surface area contributed by atoms with Gasteiger partial charge in [-0.3, -0.25) is 9.97 Å². The molecule has 0 amide bonds. The highest BCUT2D eigenvalue weighted by molar-refractivity contribution is 5.97. The molecule has 142 valence electrons. The second kappa shape index (κ2) is 6.91. The summed E-state index contributed by atoms with van der Waals surface area (Å²) in [6, 6.07) is 16.4. The molecule has 0 unspecified atom stereocenters. The average Bonchev–Trinajstić information content (AvgIpc) is 3.14. The van der Waals surface area contributed by atoms with E-state index in [4.69, 9.17) is 4.74 Å². The van der Waals surface area contributed by atoms with Crippen molar-refractivity contribution >= 4 is 33.3 Å². The summed E-state index contributed by atoms with van der Waals surface area (Å²) in [6.45, 7) is 0. The summed E-state index contributed by atoms with van der Waals surface area (Å²) in [5, 5.41) is 4.62. The van der Waals surface area contributed by atoms with E-state index in [9.17, 15) is 0 Å². The Balaban J connectivity index is 1.68. The van der Waals surface area contributed by atoms with Crippen molar-refractivity contribution in [2.75, 3.05) is 12.4 Å². The average molecular weight is 381 g/mol. The van der Waals surface area contributed by atoms with Crippen LogP contribution in [0.3, 0.4) is 0 Å². The lowest BCUT2D eigenvalue weighted by Crippen LogP contribution is -1.98. The zero-order valence-corrected chi connectivity index (χ0v) is 16.1. The van der Waals surface area contributed by atoms with E-state index in [-0.39, 0.29) is 0 Å². The van der Waals surface area contributed by atoms with Crippen molar-refractivity contribution in [1.82, 2.24) is 19.5 Å². The van der Waals surface area contributed by atoms with Crippen molar-refractivity contribution in [3.05, 3.63) is 73.3 Å². The Labute approximate surface area is 167 Å². The number of nitrogens with zero attached hydrogens (tertiary/aromatic N) is 4. The zero-order chi connectivity index (χ0) is 19.8. The van der Waals surface area contributed by atoms with Gasteiger partial charge in [0.15, 0.2) is 0 Å². The molecular formula is C23H19N5O. The molecule has 5 rings (SSSR count). The fourth-order valence-corrected chi connectivity index (χ4v) is 3.60. The van der Waals surface area contributed by atoms with Gasteiger partial charge in [0.25, 0.3) is 0 Å². The predicted molar refractivity (Wildman–Crippen MR) is 116 cm³/mol. The van der Waals surface area contributed by atoms with Crippen LogP contribution < -0.4 is 10.1 Å². The van der Waals surface area contributed by atoms with E-state index in [0.717, 1.165) is 33.5 Å². The predicted octanol–water partition coefficient (Wildman–Crippen LogP) is 4.94. The minimum Gasteiger partial charge on any atom is -0.480 e. The molecule has 3 heterocycles. The fraction of sp³-hybridized carbons (Fsp3) is 0.0870. The summed E-state index contributed by atoms with van der Waals surface area (Å²) in [6.07, 6.45) is 7.21. The molecular weight excluding hydrogens is 362 g/mol. The number of fused-ring (bicyclic) bond motifs is 2. The Hall–Kier alpha value is -3.93.